The van der Waals surface area contributed by atoms with E-state index in [2.05, 4.69) is 32.6 Å². The van der Waals surface area contributed by atoms with Crippen LogP contribution in [-0.4, -0.2) is 110 Å². The first-order valence-electron chi connectivity index (χ1n) is 14.6. The second-order valence-corrected chi connectivity index (χ2v) is 13.6. The van der Waals surface area contributed by atoms with Crippen LogP contribution in [0, 0.1) is 6.92 Å². The number of aryl methyl sites for hydroxylation is 1. The number of aromatic nitrogens is 3. The van der Waals surface area contributed by atoms with Gasteiger partial charge < -0.3 is 29.9 Å². The van der Waals surface area contributed by atoms with E-state index in [1.165, 1.54) is 36.9 Å². The van der Waals surface area contributed by atoms with E-state index >= 15 is 0 Å². The van der Waals surface area contributed by atoms with Crippen LogP contribution in [0.25, 0.3) is 0 Å². The molecule has 1 saturated heterocycles. The predicted octanol–water partition coefficient (Wildman–Crippen LogP) is 2.83. The molecular weight excluding hydrogens is 600 g/mol. The van der Waals surface area contributed by atoms with Crippen LogP contribution in [-0.2, 0) is 21.2 Å². The van der Waals surface area contributed by atoms with Crippen molar-refractivity contribution < 1.29 is 32.3 Å². The number of carbonyl (C=O) groups is 2. The fourth-order valence-corrected chi connectivity index (χ4v) is 5.96. The minimum atomic E-state index is -4.03. The highest BCUT2D eigenvalue weighted by atomic mass is 32.2. The maximum absolute atomic E-state index is 13.5. The minimum absolute atomic E-state index is 0.0361. The van der Waals surface area contributed by atoms with Crippen molar-refractivity contribution in [3.05, 3.63) is 59.7 Å². The molecule has 3 aromatic rings. The number of ether oxygens (including phenoxy) is 1. The third-order valence-corrected chi connectivity index (χ3v) is 9.45. The van der Waals surface area contributed by atoms with Crippen molar-refractivity contribution in [3.8, 4) is 5.75 Å². The van der Waals surface area contributed by atoms with E-state index in [0.717, 1.165) is 34.0 Å². The maximum Gasteiger partial charge on any atom is 0.414 e. The first-order valence-corrected chi connectivity index (χ1v) is 16.1. The summed E-state index contributed by atoms with van der Waals surface area (Å²) in [7, 11) is 2.64. The fraction of sp³-hybridized carbons (Fsp3) is 0.433. The molecule has 242 valence electrons. The summed E-state index contributed by atoms with van der Waals surface area (Å²) in [5.74, 6) is -0.998. The zero-order chi connectivity index (χ0) is 32.8. The Morgan fingerprint density at radius 1 is 0.978 bits per heavy atom. The average molecular weight is 642 g/mol. The number of hydrogen-bond donors (Lipinski definition) is 3. The summed E-state index contributed by atoms with van der Waals surface area (Å²) in [4.78, 5) is 38.6. The molecule has 0 saturated carbocycles. The second-order valence-electron chi connectivity index (χ2n) is 11.6. The van der Waals surface area contributed by atoms with E-state index in [1.807, 2.05) is 6.92 Å². The number of likely N-dealkylation sites (N-methyl/N-ethyl adjacent to an activating group) is 1. The molecule has 1 fully saturated rings. The molecule has 0 spiro atoms. The van der Waals surface area contributed by atoms with E-state index in [1.54, 1.807) is 50.5 Å². The molecule has 15 heteroatoms. The van der Waals surface area contributed by atoms with Gasteiger partial charge in [-0.3, -0.25) is 0 Å². The number of benzene rings is 2. The van der Waals surface area contributed by atoms with E-state index < -0.39 is 28.1 Å². The van der Waals surface area contributed by atoms with Crippen LogP contribution in [0.3, 0.4) is 0 Å². The van der Waals surface area contributed by atoms with Gasteiger partial charge in [0.15, 0.2) is 0 Å². The van der Waals surface area contributed by atoms with Crippen LogP contribution in [0.1, 0.15) is 24.0 Å². The molecule has 3 N–H and O–H groups in total. The Kier molecular flexibility index (Phi) is 10.4. The number of quaternary nitrogens is 1. The number of hydrogen-bond acceptors (Lipinski definition) is 10. The summed E-state index contributed by atoms with van der Waals surface area (Å²) in [6, 6.07) is 11.7. The number of aliphatic carboxylic acids is 1. The summed E-state index contributed by atoms with van der Waals surface area (Å²) >= 11 is 0. The molecule has 2 heterocycles. The molecule has 1 aliphatic heterocycles. The van der Waals surface area contributed by atoms with Gasteiger partial charge >= 0.3 is 12.1 Å². The van der Waals surface area contributed by atoms with Gasteiger partial charge in [0.1, 0.15) is 11.8 Å². The quantitative estimate of drug-likeness (QED) is 0.235. The van der Waals surface area contributed by atoms with Crippen LogP contribution in [0.2, 0.25) is 0 Å². The highest BCUT2D eigenvalue weighted by molar-refractivity contribution is 7.92. The van der Waals surface area contributed by atoms with E-state index in [4.69, 9.17) is 4.74 Å². The highest BCUT2D eigenvalue weighted by Gasteiger charge is 2.28. The Bertz CT molecular complexity index is 1590. The molecule has 1 atom stereocenters. The summed E-state index contributed by atoms with van der Waals surface area (Å²) in [5, 5.41) is 16.1. The number of amides is 1. The van der Waals surface area contributed by atoms with Gasteiger partial charge in [-0.1, -0.05) is 29.8 Å². The van der Waals surface area contributed by atoms with Gasteiger partial charge in [-0.25, -0.2) is 22.3 Å². The number of carbonyl (C=O) groups excluding carboxylic acids is 1. The summed E-state index contributed by atoms with van der Waals surface area (Å²) < 4.78 is 34.0. The molecule has 45 heavy (non-hydrogen) atoms. The number of likely N-dealkylation sites (tertiary alicyclic amines) is 1. The Balaban J connectivity index is 1.58. The molecule has 14 nitrogen and oxygen atoms in total. The monoisotopic (exact) mass is 641 g/mol. The number of carboxylic acids is 1. The van der Waals surface area contributed by atoms with Crippen molar-refractivity contribution in [1.82, 2.24) is 19.9 Å². The number of nitrogens with zero attached hydrogens (tertiary/aromatic N) is 6. The van der Waals surface area contributed by atoms with E-state index in [9.17, 15) is 23.1 Å². The largest absolute Gasteiger partial charge is 0.480 e. The van der Waals surface area contributed by atoms with Crippen molar-refractivity contribution >= 4 is 39.9 Å². The SMILES string of the molecule is Cc1ccc(S(=O)(=O)N(C)c2nc(NCC[N+]3(C)CCCC3)nc(N[C@@H](Cc3ccc(OC(=O)N(C)C)cc3)C(=O)O)n2)cc1. The minimum Gasteiger partial charge on any atom is -0.480 e. The fourth-order valence-electron chi connectivity index (χ4n) is 4.86. The smallest absolute Gasteiger partial charge is 0.414 e. The Hall–Kier alpha value is -4.50. The van der Waals surface area contributed by atoms with Crippen LogP contribution in [0.15, 0.2) is 53.4 Å². The van der Waals surface area contributed by atoms with Crippen molar-refractivity contribution in [2.24, 2.45) is 0 Å². The molecule has 4 rings (SSSR count). The Morgan fingerprint density at radius 2 is 1.60 bits per heavy atom. The van der Waals surface area contributed by atoms with Gasteiger partial charge in [0.2, 0.25) is 17.8 Å². The zero-order valence-corrected chi connectivity index (χ0v) is 27.0. The molecule has 1 aliphatic rings. The van der Waals surface area contributed by atoms with Crippen LogP contribution < -0.4 is 19.7 Å². The lowest BCUT2D eigenvalue weighted by molar-refractivity contribution is -0.895. The Morgan fingerprint density at radius 3 is 2.20 bits per heavy atom. The molecule has 0 unspecified atom stereocenters. The molecule has 1 aromatic heterocycles. The van der Waals surface area contributed by atoms with Gasteiger partial charge in [0.25, 0.3) is 10.0 Å². The topological polar surface area (TPSA) is 167 Å². The van der Waals surface area contributed by atoms with Gasteiger partial charge in [0, 0.05) is 40.4 Å². The van der Waals surface area contributed by atoms with Crippen molar-refractivity contribution in [1.29, 1.82) is 0 Å². The number of nitrogens with one attached hydrogen (secondary N) is 2. The van der Waals surface area contributed by atoms with Crippen molar-refractivity contribution in [3.63, 3.8) is 0 Å². The van der Waals surface area contributed by atoms with E-state index in [0.29, 0.717) is 17.9 Å². The normalized spacial score (nSPS) is 14.8. The highest BCUT2D eigenvalue weighted by Crippen LogP contribution is 2.23. The van der Waals surface area contributed by atoms with Gasteiger partial charge in [0.05, 0.1) is 38.1 Å². The van der Waals surface area contributed by atoms with Gasteiger partial charge in [-0.2, -0.15) is 15.0 Å². The lowest BCUT2D eigenvalue weighted by Crippen LogP contribution is -2.44. The standard InChI is InChI=1S/C30H40N8O6S/c1-21-8-14-24(15-9-21)45(42,43)37(4)29-34-27(31-16-19-38(5)17-6-7-18-38)33-28(35-29)32-25(26(39)40)20-22-10-12-23(13-11-22)44-30(41)36(2)3/h8-15,25H,6-7,16-20H2,1-5H3,(H2-,31,32,33,34,35,39,40)/p+1/t25-/m0/s1. The van der Waals surface area contributed by atoms with Crippen molar-refractivity contribution in [2.75, 3.05) is 69.3 Å². The van der Waals surface area contributed by atoms with Gasteiger partial charge in [-0.15, -0.1) is 0 Å². The number of carboxylic acid groups (broad SMARTS) is 1. The number of anilines is 3. The lowest BCUT2D eigenvalue weighted by Gasteiger charge is -2.29. The van der Waals surface area contributed by atoms with E-state index in [-0.39, 0.29) is 29.2 Å². The molecule has 0 radical (unpaired) electrons. The van der Waals surface area contributed by atoms with Gasteiger partial charge in [-0.05, 0) is 36.8 Å². The Labute approximate surface area is 263 Å². The maximum atomic E-state index is 13.5. The first-order chi connectivity index (χ1) is 21.3. The third kappa shape index (κ3) is 8.79. The number of rotatable bonds is 13. The third-order valence-electron chi connectivity index (χ3n) is 7.70. The van der Waals surface area contributed by atoms with Crippen LogP contribution in [0.4, 0.5) is 22.6 Å². The first kappa shape index (κ1) is 33.4. The number of sulfonamides is 1. The van der Waals surface area contributed by atoms with Crippen LogP contribution >= 0.6 is 0 Å². The second kappa shape index (κ2) is 14.1. The molecular formula is C30H41N8O6S+. The van der Waals surface area contributed by atoms with Crippen LogP contribution in [0.5, 0.6) is 5.75 Å². The molecule has 0 aliphatic carbocycles. The summed E-state index contributed by atoms with van der Waals surface area (Å²) in [5.41, 5.74) is 1.56. The average Bonchev–Trinajstić information content (AvgIpc) is 3.43. The molecule has 2 aromatic carbocycles. The van der Waals surface area contributed by atoms with Crippen molar-refractivity contribution in [2.45, 2.75) is 37.1 Å². The molecule has 0 bridgehead atoms. The molecule has 1 amide bonds. The lowest BCUT2D eigenvalue weighted by atomic mass is 10.1. The predicted molar refractivity (Wildman–Crippen MR) is 170 cm³/mol. The summed E-state index contributed by atoms with van der Waals surface area (Å²) in [6.45, 7) is 5.36. The zero-order valence-electron chi connectivity index (χ0n) is 26.2. The summed E-state index contributed by atoms with van der Waals surface area (Å²) in [6.07, 6.45) is 1.84.